The lowest BCUT2D eigenvalue weighted by Crippen LogP contribution is -2.42. The Morgan fingerprint density at radius 3 is 2.15 bits per heavy atom. The molecule has 0 amide bonds. The molecular formula is C43H29N3S. The van der Waals surface area contributed by atoms with Crippen molar-refractivity contribution in [3.8, 4) is 22.4 Å². The number of benzene rings is 7. The van der Waals surface area contributed by atoms with Crippen molar-refractivity contribution in [1.29, 1.82) is 0 Å². The Balaban J connectivity index is 1.42. The molecule has 0 spiro atoms. The van der Waals surface area contributed by atoms with E-state index in [2.05, 4.69) is 104 Å². The van der Waals surface area contributed by atoms with E-state index in [1.165, 1.54) is 65.0 Å². The molecule has 0 radical (unpaired) electrons. The van der Waals surface area contributed by atoms with Crippen LogP contribution in [0.25, 0.3) is 75.0 Å². The zero-order valence-electron chi connectivity index (χ0n) is 28.8. The van der Waals surface area contributed by atoms with Gasteiger partial charge in [-0.2, -0.15) is 0 Å². The van der Waals surface area contributed by atoms with E-state index in [-0.39, 0.29) is 18.1 Å². The van der Waals surface area contributed by atoms with Crippen LogP contribution in [0.1, 0.15) is 23.5 Å². The summed E-state index contributed by atoms with van der Waals surface area (Å²) in [6, 6.07) is 41.7. The number of hydrogen-bond acceptors (Lipinski definition) is 4. The molecule has 1 aliphatic rings. The minimum absolute atomic E-state index is 0.102. The predicted octanol–water partition coefficient (Wildman–Crippen LogP) is 12.0. The lowest BCUT2D eigenvalue weighted by atomic mass is 9.76. The van der Waals surface area contributed by atoms with Gasteiger partial charge in [0, 0.05) is 32.0 Å². The van der Waals surface area contributed by atoms with E-state index in [9.17, 15) is 0 Å². The highest BCUT2D eigenvalue weighted by Crippen LogP contribution is 2.59. The van der Waals surface area contributed by atoms with Gasteiger partial charge in [-0.25, -0.2) is 9.97 Å². The second kappa shape index (κ2) is 9.71. The summed E-state index contributed by atoms with van der Waals surface area (Å²) in [5.41, 5.74) is 5.66. The SMILES string of the molecule is [2H]c1cc([2H])c(-c2nc(N3c4c(c5ccccc5c5c4sc4ccccc45)-c4c(ccc5ccccc45)C3(C)C)nc3ccccc23)c([2H])c1. The van der Waals surface area contributed by atoms with Crippen LogP contribution < -0.4 is 4.90 Å². The van der Waals surface area contributed by atoms with Crippen LogP contribution in [0.4, 0.5) is 11.6 Å². The molecule has 9 aromatic rings. The summed E-state index contributed by atoms with van der Waals surface area (Å²) in [4.78, 5) is 12.9. The topological polar surface area (TPSA) is 29.0 Å². The molecule has 0 saturated heterocycles. The Hall–Kier alpha value is -5.58. The van der Waals surface area contributed by atoms with Gasteiger partial charge in [-0.05, 0) is 58.7 Å². The molecule has 0 N–H and O–H groups in total. The molecular weight excluding hydrogens is 591 g/mol. The number of rotatable bonds is 2. The van der Waals surface area contributed by atoms with Crippen molar-refractivity contribution >= 4 is 75.6 Å². The van der Waals surface area contributed by atoms with Crippen molar-refractivity contribution in [2.75, 3.05) is 4.90 Å². The van der Waals surface area contributed by atoms with Crippen LogP contribution in [0, 0.1) is 0 Å². The van der Waals surface area contributed by atoms with Crippen LogP contribution in [0.15, 0.2) is 139 Å². The van der Waals surface area contributed by atoms with E-state index in [1.54, 1.807) is 11.3 Å². The van der Waals surface area contributed by atoms with Crippen LogP contribution in [0.3, 0.4) is 0 Å². The fourth-order valence-electron chi connectivity index (χ4n) is 7.71. The number of fused-ring (bicyclic) bond motifs is 13. The molecule has 0 aliphatic carbocycles. The van der Waals surface area contributed by atoms with Crippen molar-refractivity contribution in [3.05, 3.63) is 145 Å². The van der Waals surface area contributed by atoms with Gasteiger partial charge in [0.05, 0.1) is 31.2 Å². The average Bonchev–Trinajstić information content (AvgIpc) is 3.51. The maximum Gasteiger partial charge on any atom is 0.231 e. The van der Waals surface area contributed by atoms with Gasteiger partial charge in [0.25, 0.3) is 0 Å². The summed E-state index contributed by atoms with van der Waals surface area (Å²) >= 11 is 1.80. The predicted molar refractivity (Wildman–Crippen MR) is 200 cm³/mol. The summed E-state index contributed by atoms with van der Waals surface area (Å²) in [7, 11) is 0. The second-order valence-corrected chi connectivity index (χ2v) is 13.7. The lowest BCUT2D eigenvalue weighted by Gasteiger charge is -2.46. The molecule has 4 heteroatoms. The van der Waals surface area contributed by atoms with E-state index < -0.39 is 5.54 Å². The van der Waals surface area contributed by atoms with Crippen molar-refractivity contribution in [2.45, 2.75) is 19.4 Å². The average molecular weight is 623 g/mol. The van der Waals surface area contributed by atoms with Gasteiger partial charge in [0.15, 0.2) is 0 Å². The minimum atomic E-state index is -0.615. The molecule has 0 fully saturated rings. The number of hydrogen-bond donors (Lipinski definition) is 0. The smallest absolute Gasteiger partial charge is 0.231 e. The number of nitrogens with zero attached hydrogens (tertiary/aromatic N) is 3. The number of para-hydroxylation sites is 1. The minimum Gasteiger partial charge on any atom is -0.299 e. The van der Waals surface area contributed by atoms with Crippen molar-refractivity contribution < 1.29 is 4.11 Å². The third-order valence-electron chi connectivity index (χ3n) is 9.76. The second-order valence-electron chi connectivity index (χ2n) is 12.7. The molecule has 0 bridgehead atoms. The number of anilines is 2. The fraction of sp³-hybridized carbons (Fsp3) is 0.0698. The first kappa shape index (κ1) is 23.7. The molecule has 0 unspecified atom stereocenters. The standard InChI is InChI=1S/C43H29N3S/c1-43(2)33-25-24-26-14-6-7-17-28(26)37(33)38-30-19-9-8-18-29(30)36-32-21-11-13-23-35(32)47-41(36)40(38)46(43)42-44-34-22-12-10-20-31(34)39(45-42)27-15-4-3-5-16-27/h3-25H,1-2H3/i3D,15D,16D. The Kier molecular flexibility index (Phi) is 4.90. The van der Waals surface area contributed by atoms with Gasteiger partial charge >= 0.3 is 0 Å². The van der Waals surface area contributed by atoms with Crippen molar-refractivity contribution in [3.63, 3.8) is 0 Å². The van der Waals surface area contributed by atoms with E-state index in [4.69, 9.17) is 14.1 Å². The van der Waals surface area contributed by atoms with Crippen LogP contribution in [-0.2, 0) is 5.54 Å². The van der Waals surface area contributed by atoms with Crippen molar-refractivity contribution in [1.82, 2.24) is 9.97 Å². The molecule has 3 nitrogen and oxygen atoms in total. The molecule has 222 valence electrons. The zero-order chi connectivity index (χ0) is 33.9. The first-order chi connectivity index (χ1) is 24.3. The van der Waals surface area contributed by atoms with Gasteiger partial charge in [-0.15, -0.1) is 11.3 Å². The quantitative estimate of drug-likeness (QED) is 0.192. The van der Waals surface area contributed by atoms with Crippen LogP contribution in [-0.4, -0.2) is 9.97 Å². The monoisotopic (exact) mass is 622 g/mol. The lowest BCUT2D eigenvalue weighted by molar-refractivity contribution is 0.525. The number of thiophene rings is 1. The van der Waals surface area contributed by atoms with Gasteiger partial charge in [-0.1, -0.05) is 127 Å². The van der Waals surface area contributed by atoms with Crippen LogP contribution in [0.2, 0.25) is 0 Å². The molecule has 47 heavy (non-hydrogen) atoms. The largest absolute Gasteiger partial charge is 0.299 e. The van der Waals surface area contributed by atoms with Gasteiger partial charge in [0.2, 0.25) is 5.95 Å². The van der Waals surface area contributed by atoms with Gasteiger partial charge in [-0.3, -0.25) is 4.90 Å². The Morgan fingerprint density at radius 1 is 0.638 bits per heavy atom. The summed E-state index contributed by atoms with van der Waals surface area (Å²) in [5, 5.41) is 7.99. The maximum atomic E-state index is 8.90. The van der Waals surface area contributed by atoms with Gasteiger partial charge in [0.1, 0.15) is 0 Å². The first-order valence-electron chi connectivity index (χ1n) is 17.3. The van der Waals surface area contributed by atoms with E-state index in [0.717, 1.165) is 22.2 Å². The normalized spacial score (nSPS) is 14.8. The van der Waals surface area contributed by atoms with E-state index in [1.807, 2.05) is 24.3 Å². The third-order valence-corrected chi connectivity index (χ3v) is 10.9. The van der Waals surface area contributed by atoms with Crippen molar-refractivity contribution in [2.24, 2.45) is 0 Å². The van der Waals surface area contributed by atoms with Crippen LogP contribution >= 0.6 is 11.3 Å². The third kappa shape index (κ3) is 3.67. The summed E-state index contributed by atoms with van der Waals surface area (Å²) < 4.78 is 28.4. The molecule has 2 aromatic heterocycles. The van der Waals surface area contributed by atoms with Gasteiger partial charge < -0.3 is 0 Å². The maximum absolute atomic E-state index is 8.90. The highest BCUT2D eigenvalue weighted by molar-refractivity contribution is 7.26. The van der Waals surface area contributed by atoms with E-state index in [0.29, 0.717) is 17.2 Å². The molecule has 1 aliphatic heterocycles. The summed E-state index contributed by atoms with van der Waals surface area (Å²) in [6.07, 6.45) is 0. The summed E-state index contributed by atoms with van der Waals surface area (Å²) in [5.74, 6) is 0.506. The highest BCUT2D eigenvalue weighted by atomic mass is 32.1. The molecule has 0 saturated carbocycles. The molecule has 10 rings (SSSR count). The molecule has 3 heterocycles. The zero-order valence-corrected chi connectivity index (χ0v) is 26.6. The van der Waals surface area contributed by atoms with Crippen LogP contribution in [0.5, 0.6) is 0 Å². The summed E-state index contributed by atoms with van der Waals surface area (Å²) in [6.45, 7) is 4.49. The molecule has 7 aromatic carbocycles. The highest BCUT2D eigenvalue weighted by Gasteiger charge is 2.43. The Morgan fingerprint density at radius 2 is 1.32 bits per heavy atom. The molecule has 0 atom stereocenters. The fourth-order valence-corrected chi connectivity index (χ4v) is 8.97. The Bertz CT molecular complexity index is 2890. The first-order valence-corrected chi connectivity index (χ1v) is 16.7. The number of aromatic nitrogens is 2. The van der Waals surface area contributed by atoms with E-state index >= 15 is 0 Å². The Labute approximate surface area is 280 Å².